The summed E-state index contributed by atoms with van der Waals surface area (Å²) in [6, 6.07) is 0. The van der Waals surface area contributed by atoms with Crippen molar-refractivity contribution in [3.8, 4) is 11.3 Å². The Morgan fingerprint density at radius 1 is 1.41 bits per heavy atom. The number of aliphatic imine (C=N–C) groups is 1. The predicted molar refractivity (Wildman–Crippen MR) is 90.0 cm³/mol. The van der Waals surface area contributed by atoms with Gasteiger partial charge in [-0.25, -0.2) is 15.0 Å². The number of fused-ring (bicyclic) bond motifs is 1. The van der Waals surface area contributed by atoms with Crippen LogP contribution in [0.1, 0.15) is 0 Å². The number of hydrogen-bond donors (Lipinski definition) is 1. The lowest BCUT2D eigenvalue weighted by Crippen LogP contribution is -2.09. The Labute approximate surface area is 131 Å². The summed E-state index contributed by atoms with van der Waals surface area (Å²) in [6.07, 6.45) is 12.6. The van der Waals surface area contributed by atoms with Crippen LogP contribution in [0.3, 0.4) is 0 Å². The number of thioether (sulfide) groups is 1. The van der Waals surface area contributed by atoms with Crippen molar-refractivity contribution < 1.29 is 0 Å². The maximum Gasteiger partial charge on any atom is 0.180 e. The molecule has 112 valence electrons. The van der Waals surface area contributed by atoms with Gasteiger partial charge in [-0.05, 0) is 6.26 Å². The van der Waals surface area contributed by atoms with Crippen LogP contribution in [0.5, 0.6) is 0 Å². The van der Waals surface area contributed by atoms with Crippen LogP contribution in [0.15, 0.2) is 48.8 Å². The number of hydrogen-bond acceptors (Lipinski definition) is 5. The van der Waals surface area contributed by atoms with Crippen molar-refractivity contribution in [1.82, 2.24) is 24.1 Å². The molecule has 0 bridgehead atoms. The fourth-order valence-corrected chi connectivity index (χ4v) is 2.47. The Bertz CT molecular complexity index is 846. The van der Waals surface area contributed by atoms with Gasteiger partial charge >= 0.3 is 0 Å². The minimum Gasteiger partial charge on any atom is -0.316 e. The van der Waals surface area contributed by atoms with E-state index in [1.54, 1.807) is 10.9 Å². The van der Waals surface area contributed by atoms with E-state index < -0.39 is 0 Å². The molecular weight excluding hydrogens is 298 g/mol. The highest BCUT2D eigenvalue weighted by atomic mass is 32.2. The third-order valence-electron chi connectivity index (χ3n) is 3.06. The largest absolute Gasteiger partial charge is 0.316 e. The number of anilines is 1. The SMILES string of the molecule is C=CN=C(Nc1nccn2c(-c3cnn(C)c3)cnc12)SC. The molecule has 22 heavy (non-hydrogen) atoms. The Morgan fingerprint density at radius 2 is 2.27 bits per heavy atom. The second-order valence-corrected chi connectivity index (χ2v) is 5.26. The summed E-state index contributed by atoms with van der Waals surface area (Å²) >= 11 is 1.48. The fraction of sp³-hybridized carbons (Fsp3) is 0.143. The molecule has 0 aliphatic rings. The van der Waals surface area contributed by atoms with Gasteiger partial charge in [-0.1, -0.05) is 18.3 Å². The van der Waals surface area contributed by atoms with Gasteiger partial charge < -0.3 is 5.32 Å². The quantitative estimate of drug-likeness (QED) is 0.594. The zero-order valence-corrected chi connectivity index (χ0v) is 13.1. The van der Waals surface area contributed by atoms with Crippen LogP contribution in [0.2, 0.25) is 0 Å². The van der Waals surface area contributed by atoms with Crippen LogP contribution in [0, 0.1) is 0 Å². The maximum absolute atomic E-state index is 4.46. The third kappa shape index (κ3) is 2.60. The van der Waals surface area contributed by atoms with Crippen LogP contribution in [-0.2, 0) is 7.05 Å². The Morgan fingerprint density at radius 3 is 2.95 bits per heavy atom. The molecular formula is C14H15N7S. The van der Waals surface area contributed by atoms with Crippen molar-refractivity contribution in [2.45, 2.75) is 0 Å². The number of rotatable bonds is 3. The molecule has 7 nitrogen and oxygen atoms in total. The van der Waals surface area contributed by atoms with Crippen molar-refractivity contribution in [3.63, 3.8) is 0 Å². The summed E-state index contributed by atoms with van der Waals surface area (Å²) in [5.41, 5.74) is 2.68. The lowest BCUT2D eigenvalue weighted by Gasteiger charge is -2.07. The molecule has 3 rings (SSSR count). The lowest BCUT2D eigenvalue weighted by molar-refractivity contribution is 0.768. The fourth-order valence-electron chi connectivity index (χ4n) is 2.09. The molecule has 0 unspecified atom stereocenters. The van der Waals surface area contributed by atoms with E-state index in [9.17, 15) is 0 Å². The predicted octanol–water partition coefficient (Wildman–Crippen LogP) is 2.40. The second-order valence-electron chi connectivity index (χ2n) is 4.46. The highest BCUT2D eigenvalue weighted by molar-refractivity contribution is 8.13. The lowest BCUT2D eigenvalue weighted by atomic mass is 10.3. The molecule has 0 spiro atoms. The molecule has 3 aromatic rings. The van der Waals surface area contributed by atoms with Crippen LogP contribution in [-0.4, -0.2) is 35.6 Å². The van der Waals surface area contributed by atoms with E-state index in [4.69, 9.17) is 0 Å². The average Bonchev–Trinajstić information content (AvgIpc) is 3.13. The number of nitrogens with zero attached hydrogens (tertiary/aromatic N) is 6. The number of aryl methyl sites for hydroxylation is 1. The molecule has 0 saturated carbocycles. The minimum atomic E-state index is 0.646. The number of imidazole rings is 1. The highest BCUT2D eigenvalue weighted by Gasteiger charge is 2.12. The van der Waals surface area contributed by atoms with Gasteiger partial charge in [-0.3, -0.25) is 9.08 Å². The van der Waals surface area contributed by atoms with Gasteiger partial charge in [-0.15, -0.1) is 0 Å². The first-order valence-electron chi connectivity index (χ1n) is 6.53. The summed E-state index contributed by atoms with van der Waals surface area (Å²) in [6.45, 7) is 3.61. The number of aromatic nitrogens is 5. The van der Waals surface area contributed by atoms with E-state index in [0.717, 1.165) is 16.9 Å². The first-order chi connectivity index (χ1) is 10.7. The van der Waals surface area contributed by atoms with Crippen molar-refractivity contribution in [3.05, 3.63) is 43.8 Å². The van der Waals surface area contributed by atoms with E-state index >= 15 is 0 Å². The summed E-state index contributed by atoms with van der Waals surface area (Å²) in [4.78, 5) is 13.0. The molecule has 0 aromatic carbocycles. The molecule has 0 atom stereocenters. The van der Waals surface area contributed by atoms with Crippen molar-refractivity contribution >= 4 is 28.4 Å². The van der Waals surface area contributed by atoms with Gasteiger partial charge in [0.2, 0.25) is 0 Å². The first-order valence-corrected chi connectivity index (χ1v) is 7.76. The van der Waals surface area contributed by atoms with E-state index in [2.05, 4.69) is 32.0 Å². The van der Waals surface area contributed by atoms with Crippen molar-refractivity contribution in [1.29, 1.82) is 0 Å². The Kier molecular flexibility index (Phi) is 3.92. The minimum absolute atomic E-state index is 0.646. The molecule has 1 N–H and O–H groups in total. The maximum atomic E-state index is 4.46. The standard InChI is InChI=1S/C14H15N7S/c1-4-15-14(22-3)19-12-13-17-8-11(21(13)6-5-16-12)10-7-18-20(2)9-10/h4-9H,1H2,2-3H3,(H,15,16,19). The highest BCUT2D eigenvalue weighted by Crippen LogP contribution is 2.23. The van der Waals surface area contributed by atoms with Crippen molar-refractivity contribution in [2.24, 2.45) is 12.0 Å². The normalized spacial score (nSPS) is 11.8. The van der Waals surface area contributed by atoms with Crippen molar-refractivity contribution in [2.75, 3.05) is 11.6 Å². The van der Waals surface area contributed by atoms with Gasteiger partial charge in [-0.2, -0.15) is 5.10 Å². The third-order valence-corrected chi connectivity index (χ3v) is 3.65. The van der Waals surface area contributed by atoms with Crippen LogP contribution in [0.25, 0.3) is 16.9 Å². The van der Waals surface area contributed by atoms with E-state index in [1.807, 2.05) is 42.5 Å². The smallest absolute Gasteiger partial charge is 0.180 e. The molecule has 8 heteroatoms. The number of nitrogens with one attached hydrogen (secondary N) is 1. The molecule has 0 radical (unpaired) electrons. The topological polar surface area (TPSA) is 72.4 Å². The molecule has 0 fully saturated rings. The Balaban J connectivity index is 2.06. The van der Waals surface area contributed by atoms with E-state index in [-0.39, 0.29) is 0 Å². The van der Waals surface area contributed by atoms with Crippen LogP contribution < -0.4 is 5.32 Å². The first kappa shape index (κ1) is 14.3. The molecule has 3 aromatic heterocycles. The van der Waals surface area contributed by atoms with Gasteiger partial charge in [0.15, 0.2) is 16.6 Å². The van der Waals surface area contributed by atoms with Gasteiger partial charge in [0, 0.05) is 37.4 Å². The van der Waals surface area contributed by atoms with Gasteiger partial charge in [0.25, 0.3) is 0 Å². The second kappa shape index (κ2) is 6.02. The van der Waals surface area contributed by atoms with Crippen LogP contribution >= 0.6 is 11.8 Å². The van der Waals surface area contributed by atoms with E-state index in [0.29, 0.717) is 11.0 Å². The summed E-state index contributed by atoms with van der Waals surface area (Å²) in [7, 11) is 1.89. The summed E-state index contributed by atoms with van der Waals surface area (Å²) < 4.78 is 3.73. The monoisotopic (exact) mass is 313 g/mol. The molecule has 0 saturated heterocycles. The Hall–Kier alpha value is -2.61. The molecule has 0 amide bonds. The zero-order chi connectivity index (χ0) is 15.5. The van der Waals surface area contributed by atoms with Gasteiger partial charge in [0.1, 0.15) is 0 Å². The zero-order valence-electron chi connectivity index (χ0n) is 12.3. The van der Waals surface area contributed by atoms with E-state index in [1.165, 1.54) is 18.0 Å². The number of amidine groups is 1. The average molecular weight is 313 g/mol. The molecule has 0 aliphatic carbocycles. The summed E-state index contributed by atoms with van der Waals surface area (Å²) in [5, 5.41) is 8.08. The summed E-state index contributed by atoms with van der Waals surface area (Å²) in [5.74, 6) is 0.646. The van der Waals surface area contributed by atoms with Gasteiger partial charge in [0.05, 0.1) is 18.1 Å². The molecule has 0 aliphatic heterocycles. The molecule has 3 heterocycles. The van der Waals surface area contributed by atoms with Crippen LogP contribution in [0.4, 0.5) is 5.82 Å².